The second-order valence-corrected chi connectivity index (χ2v) is 6.49. The Hall–Kier alpha value is -0.0200. The van der Waals surface area contributed by atoms with E-state index in [4.69, 9.17) is 0 Å². The molecule has 0 amide bonds. The highest BCUT2D eigenvalue weighted by Gasteiger charge is 2.29. The van der Waals surface area contributed by atoms with Crippen molar-refractivity contribution in [3.63, 3.8) is 0 Å². The highest BCUT2D eigenvalue weighted by atomic mass is 32.1. The molecule has 0 saturated heterocycles. The van der Waals surface area contributed by atoms with Crippen LogP contribution in [-0.2, 0) is 10.8 Å². The predicted octanol–water partition coefficient (Wildman–Crippen LogP) is 3.65. The van der Waals surface area contributed by atoms with E-state index in [0.29, 0.717) is 0 Å². The summed E-state index contributed by atoms with van der Waals surface area (Å²) in [5.41, 5.74) is 3.42. The van der Waals surface area contributed by atoms with Gasteiger partial charge in [0.25, 0.3) is 0 Å². The first-order valence-corrected chi connectivity index (χ1v) is 6.35. The minimum absolute atomic E-state index is 0.0751. The molecule has 0 N–H and O–H groups in total. The van der Waals surface area contributed by atoms with E-state index in [2.05, 4.69) is 52.2 Å². The summed E-state index contributed by atoms with van der Waals surface area (Å²) in [5, 5.41) is 0. The third kappa shape index (κ3) is 2.31. The molecule has 0 radical (unpaired) electrons. The van der Waals surface area contributed by atoms with E-state index in [1.54, 1.807) is 11.3 Å². The van der Waals surface area contributed by atoms with Gasteiger partial charge in [-0.05, 0) is 5.41 Å². The Morgan fingerprint density at radius 3 is 2.29 bits per heavy atom. The summed E-state index contributed by atoms with van der Waals surface area (Å²) in [7, 11) is 0. The number of thiazole rings is 1. The molecule has 3 heteroatoms. The average Bonchev–Trinajstić information content (AvgIpc) is 2.51. The summed E-state index contributed by atoms with van der Waals surface area (Å²) in [6.07, 6.45) is 0. The maximum absolute atomic E-state index is 4.49. The molecular weight excluding hydrogens is 210 g/mol. The zero-order chi connectivity index (χ0) is 11.0. The number of nitrogens with zero attached hydrogens (tertiary/aromatic N) is 1. The Morgan fingerprint density at radius 1 is 1.29 bits per heavy atom. The van der Waals surface area contributed by atoms with Crippen molar-refractivity contribution in [2.45, 2.75) is 45.4 Å². The molecule has 0 atom stereocenters. The molecule has 14 heavy (non-hydrogen) atoms. The number of rotatable bonds is 2. The second-order valence-electron chi connectivity index (χ2n) is 5.32. The van der Waals surface area contributed by atoms with Crippen molar-refractivity contribution in [2.24, 2.45) is 0 Å². The predicted molar refractivity (Wildman–Crippen MR) is 67.7 cm³/mol. The van der Waals surface area contributed by atoms with E-state index in [-0.39, 0.29) is 10.8 Å². The SMILES string of the molecule is CC(C)(C)c1scnc1C(C)(C)CS. The number of aromatic nitrogens is 1. The van der Waals surface area contributed by atoms with Gasteiger partial charge in [0.2, 0.25) is 0 Å². The topological polar surface area (TPSA) is 12.9 Å². The largest absolute Gasteiger partial charge is 0.249 e. The van der Waals surface area contributed by atoms with Gasteiger partial charge in [-0.2, -0.15) is 12.6 Å². The van der Waals surface area contributed by atoms with Crippen molar-refractivity contribution in [3.05, 3.63) is 16.1 Å². The van der Waals surface area contributed by atoms with E-state index in [1.165, 1.54) is 10.6 Å². The number of thiol groups is 1. The van der Waals surface area contributed by atoms with Crippen LogP contribution < -0.4 is 0 Å². The Bertz CT molecular complexity index is 307. The van der Waals surface area contributed by atoms with Gasteiger partial charge in [-0.25, -0.2) is 4.98 Å². The van der Waals surface area contributed by atoms with Crippen LogP contribution in [0.3, 0.4) is 0 Å². The molecule has 0 spiro atoms. The van der Waals surface area contributed by atoms with E-state index in [9.17, 15) is 0 Å². The minimum atomic E-state index is 0.0751. The monoisotopic (exact) mass is 229 g/mol. The molecule has 0 aliphatic rings. The van der Waals surface area contributed by atoms with Gasteiger partial charge < -0.3 is 0 Å². The van der Waals surface area contributed by atoms with Crippen LogP contribution in [0, 0.1) is 0 Å². The summed E-state index contributed by atoms with van der Waals surface area (Å²) in [6.45, 7) is 11.1. The third-order valence-corrected chi connectivity index (χ3v) is 4.33. The van der Waals surface area contributed by atoms with Crippen LogP contribution in [-0.4, -0.2) is 10.7 Å². The van der Waals surface area contributed by atoms with Crippen molar-refractivity contribution < 1.29 is 0 Å². The van der Waals surface area contributed by atoms with Gasteiger partial charge >= 0.3 is 0 Å². The summed E-state index contributed by atoms with van der Waals surface area (Å²) in [6, 6.07) is 0. The molecule has 0 bridgehead atoms. The first-order valence-electron chi connectivity index (χ1n) is 4.84. The van der Waals surface area contributed by atoms with Crippen LogP contribution in [0.2, 0.25) is 0 Å². The minimum Gasteiger partial charge on any atom is -0.249 e. The van der Waals surface area contributed by atoms with Crippen molar-refractivity contribution >= 4 is 24.0 Å². The standard InChI is InChI=1S/C11H19NS2/c1-10(2,3)9-8(12-7-14-9)11(4,5)6-13/h7,13H,6H2,1-5H3. The van der Waals surface area contributed by atoms with E-state index < -0.39 is 0 Å². The average molecular weight is 229 g/mol. The van der Waals surface area contributed by atoms with Crippen molar-refractivity contribution in [3.8, 4) is 0 Å². The third-order valence-electron chi connectivity index (χ3n) is 2.28. The lowest BCUT2D eigenvalue weighted by Crippen LogP contribution is -2.25. The van der Waals surface area contributed by atoms with Crippen molar-refractivity contribution in [2.75, 3.05) is 5.75 Å². The van der Waals surface area contributed by atoms with E-state index in [0.717, 1.165) is 5.75 Å². The van der Waals surface area contributed by atoms with Crippen molar-refractivity contribution in [1.29, 1.82) is 0 Å². The van der Waals surface area contributed by atoms with Crippen LogP contribution in [0.4, 0.5) is 0 Å². The fourth-order valence-electron chi connectivity index (χ4n) is 1.34. The maximum Gasteiger partial charge on any atom is 0.0798 e. The summed E-state index contributed by atoms with van der Waals surface area (Å²) in [4.78, 5) is 5.88. The van der Waals surface area contributed by atoms with Gasteiger partial charge in [0.1, 0.15) is 0 Å². The Kier molecular flexibility index (Phi) is 3.32. The van der Waals surface area contributed by atoms with Gasteiger partial charge in [-0.15, -0.1) is 11.3 Å². The van der Waals surface area contributed by atoms with Crippen LogP contribution in [0.25, 0.3) is 0 Å². The fourth-order valence-corrected chi connectivity index (χ4v) is 2.54. The van der Waals surface area contributed by atoms with Gasteiger partial charge in [-0.3, -0.25) is 0 Å². The molecule has 0 unspecified atom stereocenters. The summed E-state index contributed by atoms with van der Waals surface area (Å²) in [5.74, 6) is 0.833. The Balaban J connectivity index is 3.18. The number of hydrogen-bond donors (Lipinski definition) is 1. The van der Waals surface area contributed by atoms with Gasteiger partial charge in [0.05, 0.1) is 11.2 Å². The highest BCUT2D eigenvalue weighted by molar-refractivity contribution is 7.80. The molecule has 0 aliphatic carbocycles. The lowest BCUT2D eigenvalue weighted by Gasteiger charge is -2.26. The molecule has 0 aromatic carbocycles. The normalized spacial score (nSPS) is 13.3. The summed E-state index contributed by atoms with van der Waals surface area (Å²) >= 11 is 6.15. The maximum atomic E-state index is 4.49. The molecule has 0 fully saturated rings. The molecular formula is C11H19NS2. The molecule has 1 heterocycles. The first kappa shape index (κ1) is 12.1. The molecule has 1 aromatic heterocycles. The smallest absolute Gasteiger partial charge is 0.0798 e. The number of hydrogen-bond acceptors (Lipinski definition) is 3. The van der Waals surface area contributed by atoms with Gasteiger partial charge in [-0.1, -0.05) is 34.6 Å². The molecule has 1 rings (SSSR count). The molecule has 80 valence electrons. The zero-order valence-electron chi connectivity index (χ0n) is 9.59. The van der Waals surface area contributed by atoms with Gasteiger partial charge in [0, 0.05) is 16.0 Å². The van der Waals surface area contributed by atoms with Crippen LogP contribution in [0.5, 0.6) is 0 Å². The Morgan fingerprint density at radius 2 is 1.86 bits per heavy atom. The fraction of sp³-hybridized carbons (Fsp3) is 0.727. The van der Waals surface area contributed by atoms with E-state index in [1.807, 2.05) is 5.51 Å². The lowest BCUT2D eigenvalue weighted by molar-refractivity contribution is 0.534. The van der Waals surface area contributed by atoms with Crippen molar-refractivity contribution in [1.82, 2.24) is 4.98 Å². The summed E-state index contributed by atoms with van der Waals surface area (Å²) < 4.78 is 0. The molecule has 1 aromatic rings. The van der Waals surface area contributed by atoms with Crippen LogP contribution in [0.15, 0.2) is 5.51 Å². The molecule has 0 aliphatic heterocycles. The quantitative estimate of drug-likeness (QED) is 0.764. The van der Waals surface area contributed by atoms with Crippen LogP contribution >= 0.6 is 24.0 Å². The van der Waals surface area contributed by atoms with E-state index >= 15 is 0 Å². The Labute approximate surface area is 96.4 Å². The highest BCUT2D eigenvalue weighted by Crippen LogP contribution is 2.36. The molecule has 0 saturated carbocycles. The van der Waals surface area contributed by atoms with Gasteiger partial charge in [0.15, 0.2) is 0 Å². The molecule has 1 nitrogen and oxygen atoms in total. The zero-order valence-corrected chi connectivity index (χ0v) is 11.3. The lowest BCUT2D eigenvalue weighted by atomic mass is 9.83. The first-order chi connectivity index (χ1) is 6.29. The second kappa shape index (κ2) is 3.86. The van der Waals surface area contributed by atoms with Crippen LogP contribution in [0.1, 0.15) is 45.2 Å².